The number of carbonyl (C=O) groups is 1. The number of nitrogen functional groups attached to an aromatic ring is 1. The van der Waals surface area contributed by atoms with Gasteiger partial charge in [0.2, 0.25) is 0 Å². The molecule has 0 heterocycles. The third-order valence-corrected chi connectivity index (χ3v) is 2.40. The summed E-state index contributed by atoms with van der Waals surface area (Å²) in [5.74, 6) is -2.67. The molecule has 0 spiro atoms. The van der Waals surface area contributed by atoms with Gasteiger partial charge in [-0.2, -0.15) is 0 Å². The second-order valence-corrected chi connectivity index (χ2v) is 3.69. The molecule has 1 aromatic rings. The molecule has 0 aromatic heterocycles. The lowest BCUT2D eigenvalue weighted by Crippen LogP contribution is -2.23. The van der Waals surface area contributed by atoms with Gasteiger partial charge in [-0.1, -0.05) is 0 Å². The first-order chi connectivity index (χ1) is 8.36. The second-order valence-electron chi connectivity index (χ2n) is 3.69. The predicted molar refractivity (Wildman–Crippen MR) is 58.4 cm³/mol. The highest BCUT2D eigenvalue weighted by Crippen LogP contribution is 2.25. The molecule has 1 aromatic carbocycles. The van der Waals surface area contributed by atoms with Gasteiger partial charge < -0.3 is 20.7 Å². The summed E-state index contributed by atoms with van der Waals surface area (Å²) in [6, 6.07) is 1.37. The molecule has 100 valence electrons. The van der Waals surface area contributed by atoms with E-state index in [1.807, 2.05) is 0 Å². The van der Waals surface area contributed by atoms with Gasteiger partial charge in [-0.25, -0.2) is 8.78 Å². The maximum absolute atomic E-state index is 13.4. The molecule has 0 radical (unpaired) electrons. The van der Waals surface area contributed by atoms with Crippen LogP contribution in [0.15, 0.2) is 12.1 Å². The van der Waals surface area contributed by atoms with Gasteiger partial charge in [0.25, 0.3) is 0 Å². The van der Waals surface area contributed by atoms with Crippen LogP contribution in [0.1, 0.15) is 18.1 Å². The summed E-state index contributed by atoms with van der Waals surface area (Å²) in [5, 5.41) is 19.1. The molecule has 0 saturated carbocycles. The Morgan fingerprint density at radius 2 is 2.00 bits per heavy atom. The summed E-state index contributed by atoms with van der Waals surface area (Å²) >= 11 is 0. The largest absolute Gasteiger partial charge is 0.469 e. The van der Waals surface area contributed by atoms with Crippen molar-refractivity contribution in [2.75, 3.05) is 12.8 Å². The maximum atomic E-state index is 13.4. The lowest BCUT2D eigenvalue weighted by atomic mass is 10.0. The molecule has 2 atom stereocenters. The van der Waals surface area contributed by atoms with E-state index >= 15 is 0 Å². The van der Waals surface area contributed by atoms with Crippen molar-refractivity contribution in [1.29, 1.82) is 0 Å². The Hall–Kier alpha value is -1.73. The monoisotopic (exact) mass is 261 g/mol. The van der Waals surface area contributed by atoms with Gasteiger partial charge in [0.15, 0.2) is 0 Å². The maximum Gasteiger partial charge on any atom is 0.308 e. The minimum atomic E-state index is -1.75. The summed E-state index contributed by atoms with van der Waals surface area (Å²) in [6.07, 6.45) is -3.89. The Bertz CT molecular complexity index is 453. The molecule has 7 heteroatoms. The number of rotatable bonds is 4. The molecule has 0 amide bonds. The Balaban J connectivity index is 2.93. The van der Waals surface area contributed by atoms with E-state index < -0.39 is 47.5 Å². The highest BCUT2D eigenvalue weighted by atomic mass is 19.1. The normalized spacial score (nSPS) is 14.1. The number of aliphatic hydroxyl groups excluding tert-OH is 2. The van der Waals surface area contributed by atoms with Crippen molar-refractivity contribution in [3.63, 3.8) is 0 Å². The first-order valence-electron chi connectivity index (χ1n) is 5.04. The zero-order valence-electron chi connectivity index (χ0n) is 9.56. The molecule has 5 nitrogen and oxygen atoms in total. The van der Waals surface area contributed by atoms with E-state index in [1.54, 1.807) is 0 Å². The molecule has 0 aliphatic rings. The average Bonchev–Trinajstić information content (AvgIpc) is 2.32. The number of aliphatic hydroxyl groups is 2. The van der Waals surface area contributed by atoms with Gasteiger partial charge in [-0.05, 0) is 6.07 Å². The molecule has 4 N–H and O–H groups in total. The number of nitrogens with two attached hydrogens (primary N) is 1. The number of hydrogen-bond acceptors (Lipinski definition) is 5. The van der Waals surface area contributed by atoms with Crippen LogP contribution in [0.5, 0.6) is 0 Å². The molecule has 1 rings (SSSR count). The van der Waals surface area contributed by atoms with Crippen molar-refractivity contribution in [2.24, 2.45) is 0 Å². The number of ether oxygens (including phenoxy) is 1. The van der Waals surface area contributed by atoms with Crippen LogP contribution in [0.2, 0.25) is 0 Å². The summed E-state index contributed by atoms with van der Waals surface area (Å²) in [5.41, 5.74) is 4.25. The number of halogens is 2. The predicted octanol–water partition coefficient (Wildman–Crippen LogP) is 0.504. The standard InChI is InChI=1S/C11H13F2NO4/c1-18-10(16)4-9(15)11(17)5-2-7(13)8(14)3-6(5)12/h2-3,9,11,15,17H,4,14H2,1H3. The topological polar surface area (TPSA) is 92.8 Å². The summed E-state index contributed by atoms with van der Waals surface area (Å²) < 4.78 is 30.8. The van der Waals surface area contributed by atoms with Crippen LogP contribution < -0.4 is 5.73 Å². The van der Waals surface area contributed by atoms with E-state index in [4.69, 9.17) is 5.73 Å². The van der Waals surface area contributed by atoms with Gasteiger partial charge in [0.05, 0.1) is 25.3 Å². The van der Waals surface area contributed by atoms with Crippen molar-refractivity contribution in [2.45, 2.75) is 18.6 Å². The van der Waals surface area contributed by atoms with Crippen LogP contribution in [-0.4, -0.2) is 29.4 Å². The fourth-order valence-electron chi connectivity index (χ4n) is 1.38. The quantitative estimate of drug-likeness (QED) is 0.542. The van der Waals surface area contributed by atoms with Crippen LogP contribution in [-0.2, 0) is 9.53 Å². The number of esters is 1. The van der Waals surface area contributed by atoms with E-state index in [9.17, 15) is 23.8 Å². The van der Waals surface area contributed by atoms with Crippen LogP contribution in [0.25, 0.3) is 0 Å². The number of methoxy groups -OCH3 is 1. The third-order valence-electron chi connectivity index (χ3n) is 2.40. The van der Waals surface area contributed by atoms with Crippen LogP contribution in [0.3, 0.4) is 0 Å². The van der Waals surface area contributed by atoms with Crippen LogP contribution in [0, 0.1) is 11.6 Å². The van der Waals surface area contributed by atoms with Crippen LogP contribution in [0.4, 0.5) is 14.5 Å². The van der Waals surface area contributed by atoms with Gasteiger partial charge in [-0.15, -0.1) is 0 Å². The zero-order valence-corrected chi connectivity index (χ0v) is 9.56. The third kappa shape index (κ3) is 3.14. The molecule has 0 aliphatic heterocycles. The number of benzene rings is 1. The van der Waals surface area contributed by atoms with Gasteiger partial charge in [0.1, 0.15) is 17.7 Å². The Morgan fingerprint density at radius 3 is 2.56 bits per heavy atom. The molecule has 0 bridgehead atoms. The van der Waals surface area contributed by atoms with Gasteiger partial charge in [-0.3, -0.25) is 4.79 Å². The molecule has 0 aliphatic carbocycles. The molecular weight excluding hydrogens is 248 g/mol. The Kier molecular flexibility index (Phi) is 4.57. The van der Waals surface area contributed by atoms with Crippen molar-refractivity contribution in [3.05, 3.63) is 29.3 Å². The molecule has 18 heavy (non-hydrogen) atoms. The van der Waals surface area contributed by atoms with E-state index in [-0.39, 0.29) is 0 Å². The lowest BCUT2D eigenvalue weighted by molar-refractivity contribution is -0.144. The fourth-order valence-corrected chi connectivity index (χ4v) is 1.38. The van der Waals surface area contributed by atoms with Gasteiger partial charge in [0, 0.05) is 11.6 Å². The molecule has 2 unspecified atom stereocenters. The SMILES string of the molecule is COC(=O)CC(O)C(O)c1cc(F)c(N)cc1F. The van der Waals surface area contributed by atoms with E-state index in [1.165, 1.54) is 0 Å². The average molecular weight is 261 g/mol. The van der Waals surface area contributed by atoms with Crippen molar-refractivity contribution in [1.82, 2.24) is 0 Å². The number of anilines is 1. The van der Waals surface area contributed by atoms with E-state index in [2.05, 4.69) is 4.74 Å². The molecular formula is C11H13F2NO4. The Labute approximate surface area is 102 Å². The lowest BCUT2D eigenvalue weighted by Gasteiger charge is -2.18. The van der Waals surface area contributed by atoms with Gasteiger partial charge >= 0.3 is 5.97 Å². The number of hydrogen-bond donors (Lipinski definition) is 3. The summed E-state index contributed by atoms with van der Waals surface area (Å²) in [7, 11) is 1.10. The minimum Gasteiger partial charge on any atom is -0.469 e. The summed E-state index contributed by atoms with van der Waals surface area (Å²) in [6.45, 7) is 0. The molecule has 0 fully saturated rings. The number of carbonyl (C=O) groups excluding carboxylic acids is 1. The minimum absolute atomic E-state index is 0.411. The first-order valence-corrected chi connectivity index (χ1v) is 5.04. The first kappa shape index (κ1) is 14.3. The highest BCUT2D eigenvalue weighted by Gasteiger charge is 2.25. The van der Waals surface area contributed by atoms with Crippen molar-refractivity contribution >= 4 is 11.7 Å². The van der Waals surface area contributed by atoms with Crippen molar-refractivity contribution < 1.29 is 28.5 Å². The highest BCUT2D eigenvalue weighted by molar-refractivity contribution is 5.69. The Morgan fingerprint density at radius 1 is 1.39 bits per heavy atom. The van der Waals surface area contributed by atoms with Crippen molar-refractivity contribution in [3.8, 4) is 0 Å². The molecule has 0 saturated heterocycles. The second kappa shape index (κ2) is 5.74. The fraction of sp³-hybridized carbons (Fsp3) is 0.364. The van der Waals surface area contributed by atoms with E-state index in [0.29, 0.717) is 12.1 Å². The van der Waals surface area contributed by atoms with Crippen LogP contribution >= 0.6 is 0 Å². The van der Waals surface area contributed by atoms with E-state index in [0.717, 1.165) is 7.11 Å². The summed E-state index contributed by atoms with van der Waals surface area (Å²) in [4.78, 5) is 10.9. The smallest absolute Gasteiger partial charge is 0.308 e. The zero-order chi connectivity index (χ0) is 13.9.